The number of carboxylic acid groups (broad SMARTS) is 1. The van der Waals surface area contributed by atoms with E-state index in [2.05, 4.69) is 0 Å². The number of carbonyl (C=O) groups excluding carboxylic acids is 1. The van der Waals surface area contributed by atoms with Gasteiger partial charge in [-0.2, -0.15) is 0 Å². The fourth-order valence-electron chi connectivity index (χ4n) is 3.41. The molecule has 1 N–H and O–H groups in total. The van der Waals surface area contributed by atoms with Gasteiger partial charge < -0.3 is 14.7 Å². The van der Waals surface area contributed by atoms with Crippen molar-refractivity contribution in [1.29, 1.82) is 0 Å². The van der Waals surface area contributed by atoms with Crippen LogP contribution in [-0.4, -0.2) is 48.2 Å². The van der Waals surface area contributed by atoms with Crippen molar-refractivity contribution in [3.8, 4) is 0 Å². The highest BCUT2D eigenvalue weighted by molar-refractivity contribution is 5.80. The van der Waals surface area contributed by atoms with E-state index in [4.69, 9.17) is 4.74 Å². The highest BCUT2D eigenvalue weighted by Gasteiger charge is 2.42. The molecule has 2 aliphatic rings. The first-order chi connectivity index (χ1) is 9.59. The van der Waals surface area contributed by atoms with Crippen LogP contribution in [0.1, 0.15) is 45.4 Å². The molecule has 2 aliphatic heterocycles. The third-order valence-corrected chi connectivity index (χ3v) is 4.78. The highest BCUT2D eigenvalue weighted by Crippen LogP contribution is 2.37. The maximum absolute atomic E-state index is 12.4. The number of carboxylic acids is 1. The SMILES string of the molecule is CCCC1(C(=O)O)CCN(C(=O)C2CCOCC2)CC1. The molecule has 0 unspecified atom stereocenters. The molecule has 2 rings (SSSR count). The monoisotopic (exact) mass is 283 g/mol. The molecular formula is C15H25NO4. The van der Waals surface area contributed by atoms with E-state index >= 15 is 0 Å². The number of likely N-dealkylation sites (tertiary alicyclic amines) is 1. The molecule has 0 saturated carbocycles. The number of hydrogen-bond donors (Lipinski definition) is 1. The fourth-order valence-corrected chi connectivity index (χ4v) is 3.41. The lowest BCUT2D eigenvalue weighted by Gasteiger charge is -2.40. The first kappa shape index (κ1) is 15.3. The molecule has 2 heterocycles. The van der Waals surface area contributed by atoms with Crippen molar-refractivity contribution in [3.63, 3.8) is 0 Å². The molecule has 0 bridgehead atoms. The van der Waals surface area contributed by atoms with Gasteiger partial charge in [-0.1, -0.05) is 13.3 Å². The van der Waals surface area contributed by atoms with E-state index in [-0.39, 0.29) is 11.8 Å². The summed E-state index contributed by atoms with van der Waals surface area (Å²) in [4.78, 5) is 25.8. The Bertz CT molecular complexity index is 355. The predicted octanol–water partition coefficient (Wildman–Crippen LogP) is 1.91. The van der Waals surface area contributed by atoms with Gasteiger partial charge in [-0.05, 0) is 32.1 Å². The lowest BCUT2D eigenvalue weighted by Crippen LogP contribution is -2.48. The Morgan fingerprint density at radius 3 is 2.35 bits per heavy atom. The number of carbonyl (C=O) groups is 2. The zero-order valence-electron chi connectivity index (χ0n) is 12.3. The zero-order chi connectivity index (χ0) is 14.6. The number of piperidine rings is 1. The van der Waals surface area contributed by atoms with Crippen LogP contribution in [0.25, 0.3) is 0 Å². The minimum Gasteiger partial charge on any atom is -0.481 e. The Kier molecular flexibility index (Phi) is 5.02. The molecular weight excluding hydrogens is 258 g/mol. The van der Waals surface area contributed by atoms with Gasteiger partial charge in [0.25, 0.3) is 0 Å². The maximum atomic E-state index is 12.4. The van der Waals surface area contributed by atoms with Gasteiger partial charge in [0.05, 0.1) is 5.41 Å². The second kappa shape index (κ2) is 6.57. The number of nitrogens with zero attached hydrogens (tertiary/aromatic N) is 1. The lowest BCUT2D eigenvalue weighted by molar-refractivity contribution is -0.156. The summed E-state index contributed by atoms with van der Waals surface area (Å²) in [7, 11) is 0. The Labute approximate surface area is 120 Å². The minimum atomic E-state index is -0.697. The van der Waals surface area contributed by atoms with E-state index in [0.717, 1.165) is 19.3 Å². The van der Waals surface area contributed by atoms with Crippen LogP contribution in [0, 0.1) is 11.3 Å². The molecule has 0 spiro atoms. The molecule has 20 heavy (non-hydrogen) atoms. The van der Waals surface area contributed by atoms with Crippen LogP contribution in [0.15, 0.2) is 0 Å². The van der Waals surface area contributed by atoms with Gasteiger partial charge in [0.1, 0.15) is 0 Å². The third kappa shape index (κ3) is 3.14. The van der Waals surface area contributed by atoms with Crippen molar-refractivity contribution in [1.82, 2.24) is 4.90 Å². The Balaban J connectivity index is 1.92. The molecule has 1 amide bonds. The summed E-state index contributed by atoms with van der Waals surface area (Å²) in [5, 5.41) is 9.47. The second-order valence-corrected chi connectivity index (χ2v) is 6.05. The van der Waals surface area contributed by atoms with Crippen molar-refractivity contribution in [3.05, 3.63) is 0 Å². The predicted molar refractivity (Wildman–Crippen MR) is 74.3 cm³/mol. The largest absolute Gasteiger partial charge is 0.481 e. The van der Waals surface area contributed by atoms with Crippen LogP contribution in [0.3, 0.4) is 0 Å². The minimum absolute atomic E-state index is 0.0762. The first-order valence-corrected chi connectivity index (χ1v) is 7.69. The summed E-state index contributed by atoms with van der Waals surface area (Å²) in [6.07, 6.45) is 4.36. The van der Waals surface area contributed by atoms with Crippen molar-refractivity contribution in [2.45, 2.75) is 45.4 Å². The maximum Gasteiger partial charge on any atom is 0.309 e. The normalized spacial score (nSPS) is 23.6. The summed E-state index contributed by atoms with van der Waals surface area (Å²) < 4.78 is 5.29. The van der Waals surface area contributed by atoms with Gasteiger partial charge in [0.15, 0.2) is 0 Å². The van der Waals surface area contributed by atoms with Gasteiger partial charge in [-0.25, -0.2) is 0 Å². The zero-order valence-corrected chi connectivity index (χ0v) is 12.3. The molecule has 114 valence electrons. The van der Waals surface area contributed by atoms with Crippen molar-refractivity contribution >= 4 is 11.9 Å². The number of hydrogen-bond acceptors (Lipinski definition) is 3. The van der Waals surface area contributed by atoms with E-state index in [1.165, 1.54) is 0 Å². The van der Waals surface area contributed by atoms with E-state index < -0.39 is 11.4 Å². The number of rotatable bonds is 4. The smallest absolute Gasteiger partial charge is 0.309 e. The average Bonchev–Trinajstić information content (AvgIpc) is 2.48. The third-order valence-electron chi connectivity index (χ3n) is 4.78. The van der Waals surface area contributed by atoms with Gasteiger partial charge in [-0.15, -0.1) is 0 Å². The van der Waals surface area contributed by atoms with Gasteiger partial charge in [0, 0.05) is 32.2 Å². The van der Waals surface area contributed by atoms with Crippen LogP contribution in [0.5, 0.6) is 0 Å². The molecule has 0 aromatic heterocycles. The average molecular weight is 283 g/mol. The van der Waals surface area contributed by atoms with Gasteiger partial charge in [0.2, 0.25) is 5.91 Å². The molecule has 0 aromatic carbocycles. The lowest BCUT2D eigenvalue weighted by atomic mass is 9.75. The molecule has 0 aromatic rings. The first-order valence-electron chi connectivity index (χ1n) is 7.69. The number of aliphatic carboxylic acids is 1. The topological polar surface area (TPSA) is 66.8 Å². The van der Waals surface area contributed by atoms with E-state index in [1.807, 2.05) is 11.8 Å². The molecule has 2 saturated heterocycles. The fraction of sp³-hybridized carbons (Fsp3) is 0.867. The molecule has 0 aliphatic carbocycles. The van der Waals surface area contributed by atoms with Crippen LogP contribution >= 0.6 is 0 Å². The summed E-state index contributed by atoms with van der Waals surface area (Å²) in [6, 6.07) is 0. The Morgan fingerprint density at radius 1 is 1.25 bits per heavy atom. The molecule has 0 radical (unpaired) electrons. The summed E-state index contributed by atoms with van der Waals surface area (Å²) in [6.45, 7) is 4.52. The standard InChI is InChI=1S/C15H25NO4/c1-2-5-15(14(18)19)6-8-16(9-7-15)13(17)12-3-10-20-11-4-12/h12H,2-11H2,1H3,(H,18,19). The van der Waals surface area contributed by atoms with Crippen molar-refractivity contribution in [2.24, 2.45) is 11.3 Å². The highest BCUT2D eigenvalue weighted by atomic mass is 16.5. The van der Waals surface area contributed by atoms with Gasteiger partial charge in [-0.3, -0.25) is 9.59 Å². The molecule has 0 atom stereocenters. The molecule has 5 nitrogen and oxygen atoms in total. The summed E-state index contributed by atoms with van der Waals surface area (Å²) in [5.41, 5.74) is -0.610. The van der Waals surface area contributed by atoms with Crippen molar-refractivity contribution < 1.29 is 19.4 Å². The quantitative estimate of drug-likeness (QED) is 0.856. The Hall–Kier alpha value is -1.10. The van der Waals surface area contributed by atoms with Gasteiger partial charge >= 0.3 is 5.97 Å². The molecule has 5 heteroatoms. The van der Waals surface area contributed by atoms with Crippen LogP contribution in [-0.2, 0) is 14.3 Å². The van der Waals surface area contributed by atoms with E-state index in [1.54, 1.807) is 0 Å². The van der Waals surface area contributed by atoms with Crippen LogP contribution < -0.4 is 0 Å². The van der Waals surface area contributed by atoms with E-state index in [0.29, 0.717) is 45.6 Å². The summed E-state index contributed by atoms with van der Waals surface area (Å²) >= 11 is 0. The Morgan fingerprint density at radius 2 is 1.85 bits per heavy atom. The second-order valence-electron chi connectivity index (χ2n) is 6.05. The molecule has 2 fully saturated rings. The van der Waals surface area contributed by atoms with E-state index in [9.17, 15) is 14.7 Å². The van der Waals surface area contributed by atoms with Crippen LogP contribution in [0.4, 0.5) is 0 Å². The summed E-state index contributed by atoms with van der Waals surface area (Å²) in [5.74, 6) is -0.423. The number of ether oxygens (including phenoxy) is 1. The van der Waals surface area contributed by atoms with Crippen molar-refractivity contribution in [2.75, 3.05) is 26.3 Å². The van der Waals surface area contributed by atoms with Crippen LogP contribution in [0.2, 0.25) is 0 Å². The number of amides is 1.